The number of nitrogens with two attached hydrogens (primary N) is 1. The molecule has 0 atom stereocenters. The average molecular weight is 508 g/mol. The number of aryl methyl sites for hydroxylation is 4. The molecule has 8 heteroatoms. The van der Waals surface area contributed by atoms with Gasteiger partial charge >= 0.3 is 0 Å². The zero-order valence-electron chi connectivity index (χ0n) is 22.8. The summed E-state index contributed by atoms with van der Waals surface area (Å²) >= 11 is 0. The van der Waals surface area contributed by atoms with Gasteiger partial charge in [0.15, 0.2) is 5.95 Å². The van der Waals surface area contributed by atoms with Gasteiger partial charge < -0.3 is 15.6 Å². The van der Waals surface area contributed by atoms with Gasteiger partial charge in [-0.25, -0.2) is 4.98 Å². The van der Waals surface area contributed by atoms with Crippen molar-refractivity contribution in [3.05, 3.63) is 59.2 Å². The third-order valence-corrected chi connectivity index (χ3v) is 6.72. The van der Waals surface area contributed by atoms with Crippen LogP contribution in [0.15, 0.2) is 36.7 Å². The van der Waals surface area contributed by atoms with Crippen molar-refractivity contribution >= 4 is 11.9 Å². The summed E-state index contributed by atoms with van der Waals surface area (Å²) in [6, 6.07) is 7.95. The number of nitrogens with one attached hydrogen (secondary N) is 1. The number of anilines is 1. The van der Waals surface area contributed by atoms with Crippen LogP contribution in [-0.4, -0.2) is 37.0 Å². The van der Waals surface area contributed by atoms with Gasteiger partial charge in [-0.15, -0.1) is 5.10 Å². The van der Waals surface area contributed by atoms with Gasteiger partial charge in [-0.1, -0.05) is 63.3 Å². The molecule has 1 amide bonds. The van der Waals surface area contributed by atoms with Crippen molar-refractivity contribution in [2.75, 3.05) is 12.3 Å². The molecule has 202 valence electrons. The summed E-state index contributed by atoms with van der Waals surface area (Å²) in [5.74, 6) is 0.586. The van der Waals surface area contributed by atoms with Crippen LogP contribution in [0.3, 0.4) is 0 Å². The van der Waals surface area contributed by atoms with Crippen LogP contribution < -0.4 is 11.1 Å². The Morgan fingerprint density at radius 1 is 0.838 bits per heavy atom. The monoisotopic (exact) mass is 507 g/mol. The van der Waals surface area contributed by atoms with E-state index in [-0.39, 0.29) is 5.91 Å². The SMILES string of the molecule is CCCCCc1ccc(C(=O)NCCn2cc(CCCCCc3cn(CCCCC)c(N)n3)nn2)cc1. The molecule has 3 rings (SSSR count). The Balaban J connectivity index is 1.29. The normalized spacial score (nSPS) is 11.2. The minimum absolute atomic E-state index is 0.0482. The van der Waals surface area contributed by atoms with Gasteiger partial charge in [-0.3, -0.25) is 9.48 Å². The molecule has 0 bridgehead atoms. The molecule has 0 spiro atoms. The standard InChI is InChI=1S/C29H45N7O/c1-3-5-8-12-24-15-17-25(18-16-24)28(37)31-19-21-36-23-27(33-34-36)14-10-7-9-13-26-22-35(29(30)32-26)20-11-6-4-2/h15-18,22-23H,3-14,19-21H2,1-2H3,(H2,30,32)(H,31,37). The molecule has 0 aliphatic rings. The molecule has 0 saturated heterocycles. The van der Waals surface area contributed by atoms with Crippen LogP contribution >= 0.6 is 0 Å². The van der Waals surface area contributed by atoms with E-state index in [1.165, 1.54) is 37.7 Å². The number of rotatable bonds is 18. The quantitative estimate of drug-likeness (QED) is 0.225. The fourth-order valence-electron chi connectivity index (χ4n) is 4.46. The summed E-state index contributed by atoms with van der Waals surface area (Å²) in [6.45, 7) is 6.50. The van der Waals surface area contributed by atoms with E-state index in [1.54, 1.807) is 4.68 Å². The third kappa shape index (κ3) is 10.0. The number of nitrogen functional groups attached to an aromatic ring is 1. The van der Waals surface area contributed by atoms with Crippen molar-refractivity contribution in [1.29, 1.82) is 0 Å². The first-order valence-corrected chi connectivity index (χ1v) is 14.2. The number of carbonyl (C=O) groups excluding carboxylic acids is 1. The van der Waals surface area contributed by atoms with E-state index >= 15 is 0 Å². The summed E-state index contributed by atoms with van der Waals surface area (Å²) in [5, 5.41) is 11.5. The maximum absolute atomic E-state index is 12.4. The van der Waals surface area contributed by atoms with Crippen LogP contribution in [0.5, 0.6) is 0 Å². The smallest absolute Gasteiger partial charge is 0.251 e. The Morgan fingerprint density at radius 3 is 2.30 bits per heavy atom. The zero-order valence-corrected chi connectivity index (χ0v) is 22.8. The van der Waals surface area contributed by atoms with Crippen LogP contribution in [0, 0.1) is 0 Å². The number of unbranched alkanes of at least 4 members (excludes halogenated alkanes) is 6. The predicted octanol–water partition coefficient (Wildman–Crippen LogP) is 5.37. The van der Waals surface area contributed by atoms with Gasteiger partial charge in [0.2, 0.25) is 0 Å². The summed E-state index contributed by atoms with van der Waals surface area (Å²) in [4.78, 5) is 16.9. The molecular formula is C29H45N7O. The molecule has 0 saturated carbocycles. The molecule has 37 heavy (non-hydrogen) atoms. The Hall–Kier alpha value is -3.16. The fraction of sp³-hybridized carbons (Fsp3) is 0.586. The number of imidazole rings is 1. The lowest BCUT2D eigenvalue weighted by molar-refractivity contribution is 0.0952. The average Bonchev–Trinajstić information content (AvgIpc) is 3.50. The van der Waals surface area contributed by atoms with Gasteiger partial charge in [0.25, 0.3) is 5.91 Å². The first-order chi connectivity index (χ1) is 18.1. The highest BCUT2D eigenvalue weighted by molar-refractivity contribution is 5.94. The number of nitrogens with zero attached hydrogens (tertiary/aromatic N) is 5. The molecule has 3 aromatic rings. The van der Waals surface area contributed by atoms with Crippen LogP contribution in [0.2, 0.25) is 0 Å². The molecule has 8 nitrogen and oxygen atoms in total. The number of hydrogen-bond donors (Lipinski definition) is 2. The fourth-order valence-corrected chi connectivity index (χ4v) is 4.46. The molecule has 0 aliphatic heterocycles. The zero-order chi connectivity index (χ0) is 26.3. The molecule has 2 aromatic heterocycles. The lowest BCUT2D eigenvalue weighted by atomic mass is 10.1. The van der Waals surface area contributed by atoms with Gasteiger partial charge in [0.05, 0.1) is 17.9 Å². The molecule has 0 unspecified atom stereocenters. The maximum atomic E-state index is 12.4. The first kappa shape index (κ1) is 28.4. The van der Waals surface area contributed by atoms with Crippen molar-refractivity contribution in [2.45, 2.75) is 104 Å². The lowest BCUT2D eigenvalue weighted by Gasteiger charge is -2.06. The van der Waals surface area contributed by atoms with E-state index in [9.17, 15) is 4.79 Å². The second-order valence-electron chi connectivity index (χ2n) is 9.93. The topological polar surface area (TPSA) is 104 Å². The summed E-state index contributed by atoms with van der Waals surface area (Å²) in [6.07, 6.45) is 17.5. The minimum atomic E-state index is -0.0482. The van der Waals surface area contributed by atoms with Crippen LogP contribution in [0.1, 0.15) is 98.9 Å². The predicted molar refractivity (Wildman–Crippen MR) is 149 cm³/mol. The van der Waals surface area contributed by atoms with Gasteiger partial charge in [0.1, 0.15) is 0 Å². The second kappa shape index (κ2) is 15.8. The number of benzene rings is 1. The van der Waals surface area contributed by atoms with Gasteiger partial charge in [0, 0.05) is 31.0 Å². The van der Waals surface area contributed by atoms with Crippen LogP contribution in [0.25, 0.3) is 0 Å². The Morgan fingerprint density at radius 2 is 1.54 bits per heavy atom. The van der Waals surface area contributed by atoms with E-state index in [2.05, 4.69) is 57.4 Å². The highest BCUT2D eigenvalue weighted by atomic mass is 16.1. The molecular weight excluding hydrogens is 462 g/mol. The number of carbonyl (C=O) groups is 1. The molecule has 1 aromatic carbocycles. The molecule has 2 heterocycles. The maximum Gasteiger partial charge on any atom is 0.251 e. The lowest BCUT2D eigenvalue weighted by Crippen LogP contribution is -2.27. The first-order valence-electron chi connectivity index (χ1n) is 14.2. The van der Waals surface area contributed by atoms with E-state index in [4.69, 9.17) is 5.73 Å². The van der Waals surface area contributed by atoms with E-state index in [1.807, 2.05) is 18.3 Å². The largest absolute Gasteiger partial charge is 0.369 e. The van der Waals surface area contributed by atoms with E-state index in [0.717, 1.165) is 62.9 Å². The Bertz CT molecular complexity index is 1050. The van der Waals surface area contributed by atoms with Crippen molar-refractivity contribution in [2.24, 2.45) is 0 Å². The van der Waals surface area contributed by atoms with E-state index < -0.39 is 0 Å². The molecule has 0 radical (unpaired) electrons. The van der Waals surface area contributed by atoms with Crippen LogP contribution in [0.4, 0.5) is 5.95 Å². The molecule has 3 N–H and O–H groups in total. The van der Waals surface area contributed by atoms with Gasteiger partial charge in [-0.05, 0) is 62.6 Å². The Kier molecular flexibility index (Phi) is 12.2. The molecule has 0 aliphatic carbocycles. The van der Waals surface area contributed by atoms with E-state index in [0.29, 0.717) is 24.6 Å². The molecule has 0 fully saturated rings. The number of hydrogen-bond acceptors (Lipinski definition) is 5. The summed E-state index contributed by atoms with van der Waals surface area (Å²) in [7, 11) is 0. The highest BCUT2D eigenvalue weighted by Crippen LogP contribution is 2.12. The summed E-state index contributed by atoms with van der Waals surface area (Å²) < 4.78 is 3.89. The Labute approximate surface area is 222 Å². The van der Waals surface area contributed by atoms with Crippen molar-refractivity contribution in [3.63, 3.8) is 0 Å². The number of aromatic nitrogens is 5. The second-order valence-corrected chi connectivity index (χ2v) is 9.93. The van der Waals surface area contributed by atoms with Crippen molar-refractivity contribution in [1.82, 2.24) is 29.9 Å². The minimum Gasteiger partial charge on any atom is -0.369 e. The van der Waals surface area contributed by atoms with Gasteiger partial charge in [-0.2, -0.15) is 0 Å². The number of amides is 1. The van der Waals surface area contributed by atoms with Crippen LogP contribution in [-0.2, 0) is 32.4 Å². The van der Waals surface area contributed by atoms with Crippen molar-refractivity contribution < 1.29 is 4.79 Å². The third-order valence-electron chi connectivity index (χ3n) is 6.72. The van der Waals surface area contributed by atoms with Crippen molar-refractivity contribution in [3.8, 4) is 0 Å². The summed E-state index contributed by atoms with van der Waals surface area (Å²) in [5.41, 5.74) is 10.1. The highest BCUT2D eigenvalue weighted by Gasteiger charge is 2.07.